The Morgan fingerprint density at radius 2 is 1.09 bits per heavy atom. The van der Waals surface area contributed by atoms with Gasteiger partial charge in [-0.1, -0.05) is 127 Å². The molecule has 220 valence electrons. The number of rotatable bonds is 6. The van der Waals surface area contributed by atoms with Gasteiger partial charge in [0.05, 0.1) is 22.4 Å². The van der Waals surface area contributed by atoms with Gasteiger partial charge in [0.15, 0.2) is 6.20 Å². The van der Waals surface area contributed by atoms with Gasteiger partial charge in [-0.3, -0.25) is 0 Å². The third-order valence-electron chi connectivity index (χ3n) is 8.51. The van der Waals surface area contributed by atoms with Crippen molar-refractivity contribution in [1.82, 2.24) is 4.40 Å². The zero-order valence-electron chi connectivity index (χ0n) is 25.2. The van der Waals surface area contributed by atoms with Crippen molar-refractivity contribution in [3.05, 3.63) is 205 Å². The number of aromatic nitrogens is 2. The van der Waals surface area contributed by atoms with Crippen LogP contribution in [0.1, 0.15) is 22.4 Å². The highest BCUT2D eigenvalue weighted by Gasteiger charge is 2.36. The van der Waals surface area contributed by atoms with Crippen molar-refractivity contribution in [2.45, 2.75) is 0 Å². The minimum atomic E-state index is 0. The zero-order chi connectivity index (χ0) is 30.0. The van der Waals surface area contributed by atoms with Crippen molar-refractivity contribution in [2.75, 3.05) is 0 Å². The van der Waals surface area contributed by atoms with Crippen LogP contribution >= 0.6 is 0 Å². The molecule has 0 radical (unpaired) electrons. The Bertz CT molecular complexity index is 2230. The number of fused-ring (bicyclic) bond motifs is 2. The summed E-state index contributed by atoms with van der Waals surface area (Å²) in [6.07, 6.45) is 11.1. The molecule has 0 bridgehead atoms. The third-order valence-corrected chi connectivity index (χ3v) is 8.51. The van der Waals surface area contributed by atoms with E-state index in [1.165, 1.54) is 67.1 Å². The van der Waals surface area contributed by atoms with Crippen LogP contribution in [0.3, 0.4) is 0 Å². The lowest BCUT2D eigenvalue weighted by Crippen LogP contribution is -3.00. The van der Waals surface area contributed by atoms with Crippen LogP contribution in [0, 0.1) is 0 Å². The van der Waals surface area contributed by atoms with E-state index in [-0.39, 0.29) is 17.0 Å². The molecule has 4 aromatic carbocycles. The second-order valence-electron chi connectivity index (χ2n) is 11.2. The molecule has 0 atom stereocenters. The molecule has 3 aromatic heterocycles. The number of pyridine rings is 2. The Labute approximate surface area is 280 Å². The van der Waals surface area contributed by atoms with Gasteiger partial charge in [0.1, 0.15) is 0 Å². The lowest BCUT2D eigenvalue weighted by Gasteiger charge is -2.08. The van der Waals surface area contributed by atoms with Gasteiger partial charge >= 0.3 is 0 Å². The first kappa shape index (κ1) is 29.2. The maximum atomic E-state index is 2.33. The molecule has 0 amide bonds. The molecule has 0 saturated heterocycles. The fourth-order valence-corrected chi connectivity index (χ4v) is 6.60. The van der Waals surface area contributed by atoms with E-state index >= 15 is 0 Å². The highest BCUT2D eigenvalue weighted by Crippen LogP contribution is 2.42. The fourth-order valence-electron chi connectivity index (χ4n) is 6.60. The average Bonchev–Trinajstić information content (AvgIpc) is 3.63. The van der Waals surface area contributed by atoms with Crippen molar-refractivity contribution in [2.24, 2.45) is 0 Å². The van der Waals surface area contributed by atoms with Crippen molar-refractivity contribution in [1.29, 1.82) is 0 Å². The van der Waals surface area contributed by atoms with Gasteiger partial charge in [0, 0.05) is 35.0 Å². The molecule has 0 aliphatic carbocycles. The molecule has 0 saturated carbocycles. The minimum absolute atomic E-state index is 0. The summed E-state index contributed by atoms with van der Waals surface area (Å²) in [5.41, 5.74) is 14.4. The van der Waals surface area contributed by atoms with E-state index in [0.717, 1.165) is 0 Å². The van der Waals surface area contributed by atoms with Gasteiger partial charge < -0.3 is 21.4 Å². The zero-order valence-corrected chi connectivity index (χ0v) is 26.8. The molecule has 8 rings (SSSR count). The Morgan fingerprint density at radius 3 is 1.76 bits per heavy atom. The lowest BCUT2D eigenvalue weighted by molar-refractivity contribution is -0.578. The van der Waals surface area contributed by atoms with Crippen LogP contribution in [0.2, 0.25) is 0 Å². The Balaban J connectivity index is 0.00000338. The lowest BCUT2D eigenvalue weighted by atomic mass is 9.93. The number of allylic oxidation sites excluding steroid dienone is 4. The smallest absolute Gasteiger partial charge is 0.227 e. The van der Waals surface area contributed by atoms with E-state index in [1.54, 1.807) is 0 Å². The second-order valence-corrected chi connectivity index (χ2v) is 11.2. The van der Waals surface area contributed by atoms with E-state index in [4.69, 9.17) is 0 Å². The first-order chi connectivity index (χ1) is 22.4. The van der Waals surface area contributed by atoms with Crippen LogP contribution in [-0.2, 0) is 0 Å². The standard InChI is InChI=1S/C43H31N2.BrH/c1-5-18-32(19-6-1)40-36(38-28-13-15-30-44(38)42(40)34-22-9-3-10-23-34)26-17-27-37-39-29-14-16-31-45(39)43(35-24-11-4-12-25-35)41(37)33-20-7-2-8-21-33;/h1-31H;1H/q+1;/p-1. The summed E-state index contributed by atoms with van der Waals surface area (Å²) in [4.78, 5) is 0. The van der Waals surface area contributed by atoms with Crippen LogP contribution in [-0.4, -0.2) is 4.40 Å². The summed E-state index contributed by atoms with van der Waals surface area (Å²) in [5, 5.41) is 0. The largest absolute Gasteiger partial charge is 1.00 e. The predicted molar refractivity (Wildman–Crippen MR) is 187 cm³/mol. The van der Waals surface area contributed by atoms with Gasteiger partial charge in [0.2, 0.25) is 11.4 Å². The van der Waals surface area contributed by atoms with Gasteiger partial charge in [-0.15, -0.1) is 0 Å². The van der Waals surface area contributed by atoms with Crippen LogP contribution in [0.25, 0.3) is 50.8 Å². The summed E-state index contributed by atoms with van der Waals surface area (Å²) < 4.78 is 4.65. The summed E-state index contributed by atoms with van der Waals surface area (Å²) in [6.45, 7) is 0. The number of nitrogens with zero attached hydrogens (tertiary/aromatic N) is 2. The van der Waals surface area contributed by atoms with Gasteiger partial charge in [-0.05, 0) is 53.1 Å². The molecule has 46 heavy (non-hydrogen) atoms. The maximum absolute atomic E-state index is 2.33. The molecule has 0 N–H and O–H groups in total. The van der Waals surface area contributed by atoms with Gasteiger partial charge in [0.25, 0.3) is 0 Å². The fraction of sp³-hybridized carbons (Fsp3) is 0. The molecule has 2 nitrogen and oxygen atoms in total. The Morgan fingerprint density at radius 1 is 0.522 bits per heavy atom. The monoisotopic (exact) mass is 654 g/mol. The van der Waals surface area contributed by atoms with Crippen LogP contribution in [0.5, 0.6) is 0 Å². The molecule has 4 heterocycles. The first-order valence-corrected chi connectivity index (χ1v) is 15.4. The SMILES string of the molecule is C(/C=C/c1c(-c2ccccc2)c(-c2ccccc2)n2ccccc12)=C1\C(c2ccccc2)=C(c2ccccc2)[n+]2ccccc21.[Br-]. The summed E-state index contributed by atoms with van der Waals surface area (Å²) in [5.74, 6) is 0. The molecule has 7 aromatic rings. The molecule has 1 aliphatic heterocycles. The molecule has 1 aliphatic rings. The normalized spacial score (nSPS) is 13.3. The Kier molecular flexibility index (Phi) is 8.16. The van der Waals surface area contributed by atoms with Crippen LogP contribution in [0.4, 0.5) is 0 Å². The number of hydrogen-bond acceptors (Lipinski definition) is 0. The van der Waals surface area contributed by atoms with Crippen molar-refractivity contribution in [3.8, 4) is 22.4 Å². The summed E-state index contributed by atoms with van der Waals surface area (Å²) in [6, 6.07) is 55.8. The third kappa shape index (κ3) is 5.15. The molecule has 3 heteroatoms. The number of benzene rings is 4. The maximum Gasteiger partial charge on any atom is 0.227 e. The predicted octanol–water partition coefficient (Wildman–Crippen LogP) is 7.09. The highest BCUT2D eigenvalue weighted by molar-refractivity contribution is 6.15. The molecule has 0 fully saturated rings. The van der Waals surface area contributed by atoms with E-state index in [1.807, 2.05) is 0 Å². The average molecular weight is 656 g/mol. The van der Waals surface area contributed by atoms with Crippen molar-refractivity contribution < 1.29 is 21.5 Å². The summed E-state index contributed by atoms with van der Waals surface area (Å²) in [7, 11) is 0. The van der Waals surface area contributed by atoms with Crippen molar-refractivity contribution >= 4 is 28.4 Å². The van der Waals surface area contributed by atoms with E-state index in [9.17, 15) is 0 Å². The molecule has 0 spiro atoms. The molecular formula is C43H31BrN2. The molecular weight excluding hydrogens is 624 g/mol. The van der Waals surface area contributed by atoms with Crippen LogP contribution < -0.4 is 21.5 Å². The van der Waals surface area contributed by atoms with Crippen LogP contribution in [0.15, 0.2) is 182 Å². The van der Waals surface area contributed by atoms with Gasteiger partial charge in [-0.25, -0.2) is 0 Å². The number of hydrogen-bond donors (Lipinski definition) is 0. The topological polar surface area (TPSA) is 8.29 Å². The van der Waals surface area contributed by atoms with E-state index in [2.05, 4.69) is 197 Å². The second kappa shape index (κ2) is 12.8. The van der Waals surface area contributed by atoms with Gasteiger partial charge in [-0.2, -0.15) is 4.57 Å². The first-order valence-electron chi connectivity index (χ1n) is 15.4. The minimum Gasteiger partial charge on any atom is -1.00 e. The quantitative estimate of drug-likeness (QED) is 0.169. The van der Waals surface area contributed by atoms with E-state index in [0.29, 0.717) is 0 Å². The Hall–Kier alpha value is -5.51. The van der Waals surface area contributed by atoms with Crippen molar-refractivity contribution in [3.63, 3.8) is 0 Å². The highest BCUT2D eigenvalue weighted by atomic mass is 79.9. The summed E-state index contributed by atoms with van der Waals surface area (Å²) >= 11 is 0. The molecule has 0 unspecified atom stereocenters. The number of halogens is 1. The van der Waals surface area contributed by atoms with E-state index < -0.39 is 0 Å².